The van der Waals surface area contributed by atoms with Gasteiger partial charge in [-0.05, 0) is 25.3 Å². The molecule has 0 radical (unpaired) electrons. The summed E-state index contributed by atoms with van der Waals surface area (Å²) >= 11 is 0. The number of nitrogens with one attached hydrogen (secondary N) is 2. The predicted octanol–water partition coefficient (Wildman–Crippen LogP) is 2.99. The first kappa shape index (κ1) is 15.5. The Morgan fingerprint density at radius 2 is 2.11 bits per heavy atom. The van der Waals surface area contributed by atoms with E-state index in [0.29, 0.717) is 5.56 Å². The van der Waals surface area contributed by atoms with Gasteiger partial charge >= 0.3 is 0 Å². The molecule has 0 bridgehead atoms. The van der Waals surface area contributed by atoms with E-state index >= 15 is 0 Å². The molecule has 0 atom stereocenters. The number of pyridine rings is 1. The van der Waals surface area contributed by atoms with Crippen molar-refractivity contribution >= 4 is 11.6 Å². The molecular weight excluding hydrogens is 238 g/mol. The van der Waals surface area contributed by atoms with Crippen molar-refractivity contribution in [2.24, 2.45) is 5.92 Å². The molecule has 0 aromatic carbocycles. The Hall–Kier alpha value is -1.58. The van der Waals surface area contributed by atoms with E-state index in [4.69, 9.17) is 0 Å². The molecule has 0 saturated carbocycles. The van der Waals surface area contributed by atoms with Crippen LogP contribution in [0.5, 0.6) is 0 Å². The van der Waals surface area contributed by atoms with E-state index in [0.717, 1.165) is 36.7 Å². The molecule has 4 heteroatoms. The predicted molar refractivity (Wildman–Crippen MR) is 79.5 cm³/mol. The lowest BCUT2D eigenvalue weighted by Gasteiger charge is -2.10. The number of amides is 1. The molecule has 0 fully saturated rings. The minimum Gasteiger partial charge on any atom is -0.387 e. The molecule has 1 heterocycles. The summed E-state index contributed by atoms with van der Waals surface area (Å²) in [6.45, 7) is 7.07. The topological polar surface area (TPSA) is 54.0 Å². The highest BCUT2D eigenvalue weighted by Gasteiger charge is 2.10. The van der Waals surface area contributed by atoms with Gasteiger partial charge in [0, 0.05) is 25.5 Å². The summed E-state index contributed by atoms with van der Waals surface area (Å²) in [7, 11) is 1.81. The SMILES string of the molecule is CNc1cc(C)ncc1C(=O)NCCCCC(C)C. The molecule has 19 heavy (non-hydrogen) atoms. The Kier molecular flexibility index (Phi) is 6.33. The highest BCUT2D eigenvalue weighted by molar-refractivity contribution is 5.99. The minimum atomic E-state index is -0.0543. The molecule has 1 rings (SSSR count). The van der Waals surface area contributed by atoms with E-state index in [2.05, 4.69) is 29.5 Å². The molecule has 0 aliphatic rings. The Labute approximate surface area is 116 Å². The Bertz CT molecular complexity index is 416. The molecular formula is C15H25N3O. The van der Waals surface area contributed by atoms with Crippen molar-refractivity contribution in [3.8, 4) is 0 Å². The number of nitrogens with zero attached hydrogens (tertiary/aromatic N) is 1. The van der Waals surface area contributed by atoms with Gasteiger partial charge in [-0.3, -0.25) is 9.78 Å². The van der Waals surface area contributed by atoms with Crippen LogP contribution in [0.4, 0.5) is 5.69 Å². The van der Waals surface area contributed by atoms with E-state index < -0.39 is 0 Å². The van der Waals surface area contributed by atoms with Gasteiger partial charge in [0.1, 0.15) is 0 Å². The molecule has 1 aromatic heterocycles. The number of hydrogen-bond acceptors (Lipinski definition) is 3. The normalized spacial score (nSPS) is 10.6. The van der Waals surface area contributed by atoms with Crippen LogP contribution >= 0.6 is 0 Å². The standard InChI is InChI=1S/C15H25N3O/c1-11(2)7-5-6-8-17-15(19)13-10-18-12(3)9-14(13)16-4/h9-11H,5-8H2,1-4H3,(H,16,18)(H,17,19). The van der Waals surface area contributed by atoms with Gasteiger partial charge in [-0.1, -0.05) is 26.7 Å². The van der Waals surface area contributed by atoms with Gasteiger partial charge in [-0.15, -0.1) is 0 Å². The van der Waals surface area contributed by atoms with Crippen LogP contribution in [0, 0.1) is 12.8 Å². The van der Waals surface area contributed by atoms with Gasteiger partial charge in [0.15, 0.2) is 0 Å². The third-order valence-corrected chi connectivity index (χ3v) is 3.05. The van der Waals surface area contributed by atoms with E-state index in [1.54, 1.807) is 6.20 Å². The van der Waals surface area contributed by atoms with Crippen LogP contribution in [-0.2, 0) is 0 Å². The molecule has 0 saturated heterocycles. The summed E-state index contributed by atoms with van der Waals surface area (Å²) in [5.74, 6) is 0.675. The minimum absolute atomic E-state index is 0.0543. The van der Waals surface area contributed by atoms with E-state index in [1.165, 1.54) is 6.42 Å². The summed E-state index contributed by atoms with van der Waals surface area (Å²) in [4.78, 5) is 16.2. The maximum Gasteiger partial charge on any atom is 0.254 e. The van der Waals surface area contributed by atoms with Crippen molar-refractivity contribution in [3.05, 3.63) is 23.5 Å². The van der Waals surface area contributed by atoms with E-state index in [9.17, 15) is 4.79 Å². The first-order valence-corrected chi connectivity index (χ1v) is 6.97. The zero-order chi connectivity index (χ0) is 14.3. The average Bonchev–Trinajstić information content (AvgIpc) is 2.37. The lowest BCUT2D eigenvalue weighted by Crippen LogP contribution is -2.25. The van der Waals surface area contributed by atoms with Crippen LogP contribution < -0.4 is 10.6 Å². The van der Waals surface area contributed by atoms with Gasteiger partial charge in [0.25, 0.3) is 5.91 Å². The Balaban J connectivity index is 2.45. The summed E-state index contributed by atoms with van der Waals surface area (Å²) in [6.07, 6.45) is 5.02. The van der Waals surface area contributed by atoms with Crippen molar-refractivity contribution in [1.29, 1.82) is 0 Å². The van der Waals surface area contributed by atoms with Crippen LogP contribution in [0.3, 0.4) is 0 Å². The summed E-state index contributed by atoms with van der Waals surface area (Å²) < 4.78 is 0. The van der Waals surface area contributed by atoms with Crippen LogP contribution in [0.15, 0.2) is 12.3 Å². The number of carbonyl (C=O) groups is 1. The number of carbonyl (C=O) groups excluding carboxylic acids is 1. The molecule has 0 unspecified atom stereocenters. The maximum absolute atomic E-state index is 12.0. The molecule has 0 aliphatic carbocycles. The fraction of sp³-hybridized carbons (Fsp3) is 0.600. The Morgan fingerprint density at radius 3 is 2.74 bits per heavy atom. The van der Waals surface area contributed by atoms with Crippen LogP contribution in [0.25, 0.3) is 0 Å². The maximum atomic E-state index is 12.0. The van der Waals surface area contributed by atoms with Crippen molar-refractivity contribution in [3.63, 3.8) is 0 Å². The van der Waals surface area contributed by atoms with Crippen molar-refractivity contribution < 1.29 is 4.79 Å². The fourth-order valence-electron chi connectivity index (χ4n) is 1.92. The summed E-state index contributed by atoms with van der Waals surface area (Å²) in [6, 6.07) is 1.88. The van der Waals surface area contributed by atoms with Gasteiger partial charge in [-0.2, -0.15) is 0 Å². The second-order valence-electron chi connectivity index (χ2n) is 5.27. The quantitative estimate of drug-likeness (QED) is 0.744. The monoisotopic (exact) mass is 263 g/mol. The number of hydrogen-bond donors (Lipinski definition) is 2. The number of aryl methyl sites for hydroxylation is 1. The lowest BCUT2D eigenvalue weighted by molar-refractivity contribution is 0.0953. The number of aromatic nitrogens is 1. The molecule has 4 nitrogen and oxygen atoms in total. The third kappa shape index (κ3) is 5.28. The largest absolute Gasteiger partial charge is 0.387 e. The summed E-state index contributed by atoms with van der Waals surface area (Å²) in [5.41, 5.74) is 2.34. The van der Waals surface area contributed by atoms with Crippen molar-refractivity contribution in [1.82, 2.24) is 10.3 Å². The molecule has 1 amide bonds. The van der Waals surface area contributed by atoms with Crippen molar-refractivity contribution in [2.75, 3.05) is 18.9 Å². The lowest BCUT2D eigenvalue weighted by atomic mass is 10.1. The third-order valence-electron chi connectivity index (χ3n) is 3.05. The zero-order valence-corrected chi connectivity index (χ0v) is 12.4. The van der Waals surface area contributed by atoms with E-state index in [-0.39, 0.29) is 5.91 Å². The van der Waals surface area contributed by atoms with Gasteiger partial charge in [0.05, 0.1) is 11.3 Å². The van der Waals surface area contributed by atoms with Gasteiger partial charge in [-0.25, -0.2) is 0 Å². The molecule has 0 aliphatic heterocycles. The second kappa shape index (κ2) is 7.77. The second-order valence-corrected chi connectivity index (χ2v) is 5.27. The highest BCUT2D eigenvalue weighted by Crippen LogP contribution is 2.14. The average molecular weight is 263 g/mol. The van der Waals surface area contributed by atoms with Crippen LogP contribution in [-0.4, -0.2) is 24.5 Å². The molecule has 106 valence electrons. The fourth-order valence-corrected chi connectivity index (χ4v) is 1.92. The number of unbranched alkanes of at least 4 members (excludes halogenated alkanes) is 1. The molecule has 2 N–H and O–H groups in total. The Morgan fingerprint density at radius 1 is 1.37 bits per heavy atom. The van der Waals surface area contributed by atoms with Crippen LogP contribution in [0.1, 0.15) is 49.2 Å². The first-order chi connectivity index (χ1) is 9.04. The zero-order valence-electron chi connectivity index (χ0n) is 12.4. The van der Waals surface area contributed by atoms with Crippen molar-refractivity contribution in [2.45, 2.75) is 40.0 Å². The van der Waals surface area contributed by atoms with Gasteiger partial charge < -0.3 is 10.6 Å². The van der Waals surface area contributed by atoms with E-state index in [1.807, 2.05) is 20.0 Å². The highest BCUT2D eigenvalue weighted by atomic mass is 16.1. The molecule has 0 spiro atoms. The smallest absolute Gasteiger partial charge is 0.254 e. The number of rotatable bonds is 7. The summed E-state index contributed by atoms with van der Waals surface area (Å²) in [5, 5.41) is 5.98. The molecule has 1 aromatic rings. The first-order valence-electron chi connectivity index (χ1n) is 6.97. The van der Waals surface area contributed by atoms with Crippen LogP contribution in [0.2, 0.25) is 0 Å². The number of anilines is 1. The van der Waals surface area contributed by atoms with Gasteiger partial charge in [0.2, 0.25) is 0 Å².